The van der Waals surface area contributed by atoms with Crippen LogP contribution in [0.4, 0.5) is 5.82 Å². The molecule has 1 aromatic heterocycles. The van der Waals surface area contributed by atoms with Crippen molar-refractivity contribution in [1.82, 2.24) is 9.71 Å². The second-order valence-corrected chi connectivity index (χ2v) is 4.80. The van der Waals surface area contributed by atoms with Gasteiger partial charge in [-0.15, -0.1) is 0 Å². The van der Waals surface area contributed by atoms with Crippen molar-refractivity contribution in [3.05, 3.63) is 28.4 Å². The van der Waals surface area contributed by atoms with Gasteiger partial charge in [-0.2, -0.15) is 9.98 Å². The number of nitro groups is 1. The summed E-state index contributed by atoms with van der Waals surface area (Å²) >= 11 is 0. The molecule has 0 aliphatic heterocycles. The smallest absolute Gasteiger partial charge is 0.358 e. The van der Waals surface area contributed by atoms with E-state index in [0.29, 0.717) is 0 Å². The summed E-state index contributed by atoms with van der Waals surface area (Å²) in [6.45, 7) is 1.37. The van der Waals surface area contributed by atoms with Gasteiger partial charge in [0, 0.05) is 6.07 Å². The summed E-state index contributed by atoms with van der Waals surface area (Å²) in [4.78, 5) is 12.7. The fourth-order valence-electron chi connectivity index (χ4n) is 0.967. The summed E-state index contributed by atoms with van der Waals surface area (Å²) in [6.07, 6.45) is 0.866. The van der Waals surface area contributed by atoms with Crippen LogP contribution in [-0.2, 0) is 10.0 Å². The molecule has 1 aromatic rings. The average molecular weight is 256 g/mol. The summed E-state index contributed by atoms with van der Waals surface area (Å²) in [5, 5.41) is 18.8. The maximum absolute atomic E-state index is 11.6. The molecule has 1 rings (SSSR count). The fourth-order valence-corrected chi connectivity index (χ4v) is 2.06. The van der Waals surface area contributed by atoms with Gasteiger partial charge >= 0.3 is 5.82 Å². The third-order valence-corrected chi connectivity index (χ3v) is 3.27. The molecule has 0 saturated heterocycles. The lowest BCUT2D eigenvalue weighted by molar-refractivity contribution is -0.389. The lowest BCUT2D eigenvalue weighted by Crippen LogP contribution is -2.31. The predicted molar refractivity (Wildman–Crippen MR) is 56.3 cm³/mol. The molecule has 0 amide bonds. The fraction of sp³-hybridized carbons (Fsp3) is 0.250. The highest BCUT2D eigenvalue weighted by Gasteiger charge is 2.20. The van der Waals surface area contributed by atoms with Gasteiger partial charge in [-0.25, -0.2) is 8.42 Å². The Balaban J connectivity index is 3.01. The monoisotopic (exact) mass is 256 g/mol. The molecule has 0 aliphatic rings. The Bertz CT molecular complexity index is 560. The largest absolute Gasteiger partial charge is 0.363 e. The van der Waals surface area contributed by atoms with E-state index in [0.717, 1.165) is 18.3 Å². The number of sulfonamides is 1. The quantitative estimate of drug-likeness (QED) is 0.604. The molecule has 0 aromatic carbocycles. The van der Waals surface area contributed by atoms with E-state index >= 15 is 0 Å². The third kappa shape index (κ3) is 3.20. The van der Waals surface area contributed by atoms with Crippen LogP contribution >= 0.6 is 0 Å². The molecule has 0 bridgehead atoms. The van der Waals surface area contributed by atoms with Crippen molar-refractivity contribution in [2.24, 2.45) is 0 Å². The summed E-state index contributed by atoms with van der Waals surface area (Å²) in [7, 11) is -3.87. The Morgan fingerprint density at radius 2 is 2.24 bits per heavy atom. The minimum atomic E-state index is -3.87. The standard InChI is InChI=1S/C8H8N4O4S/c1-6(4-9)11-17(15,16)7-2-3-8(10-5-7)12(13)14/h2-3,5-6,11H,1H3. The molecule has 9 heteroatoms. The van der Waals surface area contributed by atoms with Gasteiger partial charge in [0.05, 0.1) is 6.07 Å². The van der Waals surface area contributed by atoms with Crippen molar-refractivity contribution in [3.63, 3.8) is 0 Å². The number of rotatable bonds is 4. The number of nitrogens with zero attached hydrogens (tertiary/aromatic N) is 3. The van der Waals surface area contributed by atoms with Crippen LogP contribution in [0.15, 0.2) is 23.2 Å². The summed E-state index contributed by atoms with van der Waals surface area (Å²) in [6, 6.07) is 2.84. The van der Waals surface area contributed by atoms with E-state index in [1.165, 1.54) is 6.92 Å². The Kier molecular flexibility index (Phi) is 3.72. The van der Waals surface area contributed by atoms with Crippen LogP contribution < -0.4 is 4.72 Å². The maximum Gasteiger partial charge on any atom is 0.363 e. The first-order chi connectivity index (χ1) is 7.86. The normalized spacial score (nSPS) is 12.7. The topological polar surface area (TPSA) is 126 Å². The van der Waals surface area contributed by atoms with Crippen LogP contribution in [0.25, 0.3) is 0 Å². The highest BCUT2D eigenvalue weighted by Crippen LogP contribution is 2.12. The zero-order chi connectivity index (χ0) is 13.1. The van der Waals surface area contributed by atoms with Crippen LogP contribution in [0.3, 0.4) is 0 Å². The average Bonchev–Trinajstić information content (AvgIpc) is 2.28. The molecule has 1 unspecified atom stereocenters. The molecule has 1 heterocycles. The minimum absolute atomic E-state index is 0.231. The molecule has 0 spiro atoms. The molecule has 1 atom stereocenters. The van der Waals surface area contributed by atoms with Crippen molar-refractivity contribution >= 4 is 15.8 Å². The Labute approximate surface area is 97.1 Å². The summed E-state index contributed by atoms with van der Waals surface area (Å²) in [5.74, 6) is -0.447. The number of aromatic nitrogens is 1. The Hall–Kier alpha value is -2.05. The van der Waals surface area contributed by atoms with Crippen LogP contribution in [0.1, 0.15) is 6.92 Å². The number of nitriles is 1. The SMILES string of the molecule is CC(C#N)NS(=O)(=O)c1ccc([N+](=O)[O-])nc1. The zero-order valence-corrected chi connectivity index (χ0v) is 9.51. The van der Waals surface area contributed by atoms with E-state index in [1.54, 1.807) is 6.07 Å². The van der Waals surface area contributed by atoms with Crippen LogP contribution in [0.2, 0.25) is 0 Å². The van der Waals surface area contributed by atoms with E-state index in [-0.39, 0.29) is 4.90 Å². The van der Waals surface area contributed by atoms with E-state index in [4.69, 9.17) is 5.26 Å². The lowest BCUT2D eigenvalue weighted by Gasteiger charge is -2.05. The number of pyridine rings is 1. The van der Waals surface area contributed by atoms with Gasteiger partial charge in [0.2, 0.25) is 10.0 Å². The summed E-state index contributed by atoms with van der Waals surface area (Å²) < 4.78 is 25.3. The molecule has 0 radical (unpaired) electrons. The van der Waals surface area contributed by atoms with E-state index in [9.17, 15) is 18.5 Å². The third-order valence-electron chi connectivity index (χ3n) is 1.74. The molecule has 90 valence electrons. The number of nitrogens with one attached hydrogen (secondary N) is 1. The molecule has 0 saturated carbocycles. The first-order valence-corrected chi connectivity index (χ1v) is 5.87. The lowest BCUT2D eigenvalue weighted by atomic mass is 10.4. The van der Waals surface area contributed by atoms with Crippen molar-refractivity contribution in [1.29, 1.82) is 5.26 Å². The molecular weight excluding hydrogens is 248 g/mol. The van der Waals surface area contributed by atoms with Crippen LogP contribution in [0, 0.1) is 21.4 Å². The molecule has 0 fully saturated rings. The van der Waals surface area contributed by atoms with E-state index in [1.807, 2.05) is 0 Å². The number of hydrogen-bond acceptors (Lipinski definition) is 6. The second-order valence-electron chi connectivity index (χ2n) is 3.08. The minimum Gasteiger partial charge on any atom is -0.358 e. The molecular formula is C8H8N4O4S. The van der Waals surface area contributed by atoms with Gasteiger partial charge in [-0.1, -0.05) is 0 Å². The zero-order valence-electron chi connectivity index (χ0n) is 8.69. The first kappa shape index (κ1) is 13.0. The van der Waals surface area contributed by atoms with Crippen molar-refractivity contribution in [2.45, 2.75) is 17.9 Å². The predicted octanol–water partition coefficient (Wildman–Crippen LogP) is 0.180. The highest BCUT2D eigenvalue weighted by molar-refractivity contribution is 7.89. The van der Waals surface area contributed by atoms with Gasteiger partial charge < -0.3 is 10.1 Å². The second kappa shape index (κ2) is 4.86. The Morgan fingerprint density at radius 1 is 1.59 bits per heavy atom. The van der Waals surface area contributed by atoms with Crippen molar-refractivity contribution < 1.29 is 13.3 Å². The first-order valence-electron chi connectivity index (χ1n) is 4.39. The molecule has 17 heavy (non-hydrogen) atoms. The Morgan fingerprint density at radius 3 is 2.65 bits per heavy atom. The molecule has 8 nitrogen and oxygen atoms in total. The highest BCUT2D eigenvalue weighted by atomic mass is 32.2. The van der Waals surface area contributed by atoms with Gasteiger partial charge in [0.25, 0.3) is 0 Å². The van der Waals surface area contributed by atoms with Crippen LogP contribution in [-0.4, -0.2) is 24.4 Å². The van der Waals surface area contributed by atoms with E-state index < -0.39 is 26.8 Å². The summed E-state index contributed by atoms with van der Waals surface area (Å²) in [5.41, 5.74) is 0. The van der Waals surface area contributed by atoms with Crippen molar-refractivity contribution in [2.75, 3.05) is 0 Å². The molecule has 0 aliphatic carbocycles. The van der Waals surface area contributed by atoms with Gasteiger partial charge in [0.15, 0.2) is 6.20 Å². The van der Waals surface area contributed by atoms with Crippen molar-refractivity contribution in [3.8, 4) is 6.07 Å². The maximum atomic E-state index is 11.6. The van der Waals surface area contributed by atoms with Gasteiger partial charge in [-0.3, -0.25) is 0 Å². The molecule has 1 N–H and O–H groups in total. The van der Waals surface area contributed by atoms with Gasteiger partial charge in [-0.05, 0) is 22.9 Å². The van der Waals surface area contributed by atoms with E-state index in [2.05, 4.69) is 9.71 Å². The van der Waals surface area contributed by atoms with Crippen LogP contribution in [0.5, 0.6) is 0 Å². The number of hydrogen-bond donors (Lipinski definition) is 1. The van der Waals surface area contributed by atoms with Gasteiger partial charge in [0.1, 0.15) is 10.9 Å².